The van der Waals surface area contributed by atoms with E-state index in [-0.39, 0.29) is 19.1 Å². The standard InChI is InChI=1S/C42H85N2O6P/c1-6-8-10-12-14-16-18-19-20-21-22-23-24-26-27-29-31-33-35-41(45)40(39-50-51(47,48)49-38-37-44(3,4)5)43-42(46)36-34-32-30-28-25-17-15-13-11-9-7-2/h33,35,40-41,45H,6-32,34,36-39H2,1-5H3,(H-,43,46,47,48)/b35-33+. The number of aliphatic hydroxyl groups is 1. The van der Waals surface area contributed by atoms with Crippen molar-refractivity contribution in [1.29, 1.82) is 0 Å². The molecule has 0 heterocycles. The topological polar surface area (TPSA) is 108 Å². The fourth-order valence-corrected chi connectivity index (χ4v) is 6.99. The fourth-order valence-electron chi connectivity index (χ4n) is 6.27. The van der Waals surface area contributed by atoms with Gasteiger partial charge in [-0.15, -0.1) is 0 Å². The van der Waals surface area contributed by atoms with Crippen LogP contribution < -0.4 is 10.2 Å². The first-order valence-electron chi connectivity index (χ1n) is 21.6. The van der Waals surface area contributed by atoms with E-state index in [1.54, 1.807) is 6.08 Å². The molecule has 8 nitrogen and oxygen atoms in total. The fraction of sp³-hybridized carbons (Fsp3) is 0.929. The lowest BCUT2D eigenvalue weighted by Crippen LogP contribution is -2.45. The Morgan fingerprint density at radius 2 is 1.06 bits per heavy atom. The highest BCUT2D eigenvalue weighted by molar-refractivity contribution is 7.45. The van der Waals surface area contributed by atoms with Gasteiger partial charge in [-0.25, -0.2) is 0 Å². The summed E-state index contributed by atoms with van der Waals surface area (Å²) in [6.07, 6.45) is 38.2. The Hall–Kier alpha value is -0.760. The summed E-state index contributed by atoms with van der Waals surface area (Å²) < 4.78 is 23.1. The van der Waals surface area contributed by atoms with Crippen molar-refractivity contribution in [2.24, 2.45) is 0 Å². The highest BCUT2D eigenvalue weighted by Gasteiger charge is 2.23. The van der Waals surface area contributed by atoms with Gasteiger partial charge in [-0.05, 0) is 19.3 Å². The number of phosphoric acid groups is 1. The van der Waals surface area contributed by atoms with E-state index in [0.29, 0.717) is 17.4 Å². The van der Waals surface area contributed by atoms with Crippen molar-refractivity contribution in [3.63, 3.8) is 0 Å². The van der Waals surface area contributed by atoms with Crippen molar-refractivity contribution >= 4 is 13.7 Å². The molecule has 1 amide bonds. The molecule has 304 valence electrons. The van der Waals surface area contributed by atoms with Crippen LogP contribution >= 0.6 is 7.82 Å². The number of allylic oxidation sites excluding steroid dienone is 1. The summed E-state index contributed by atoms with van der Waals surface area (Å²) in [5.74, 6) is -0.198. The molecule has 0 rings (SSSR count). The van der Waals surface area contributed by atoms with Gasteiger partial charge in [0.2, 0.25) is 5.91 Å². The predicted molar refractivity (Wildman–Crippen MR) is 215 cm³/mol. The molecule has 0 saturated heterocycles. The number of hydrogen-bond donors (Lipinski definition) is 2. The summed E-state index contributed by atoms with van der Waals surface area (Å²) in [5, 5.41) is 13.7. The van der Waals surface area contributed by atoms with Crippen LogP contribution in [0.3, 0.4) is 0 Å². The van der Waals surface area contributed by atoms with Crippen molar-refractivity contribution in [1.82, 2.24) is 5.32 Å². The Bertz CT molecular complexity index is 850. The van der Waals surface area contributed by atoms with E-state index in [1.807, 2.05) is 27.2 Å². The van der Waals surface area contributed by atoms with Crippen LogP contribution in [0, 0.1) is 0 Å². The Balaban J connectivity index is 4.40. The quantitative estimate of drug-likeness (QED) is 0.0281. The second kappa shape index (κ2) is 35.0. The number of quaternary nitrogens is 1. The number of aliphatic hydroxyl groups excluding tert-OH is 1. The minimum atomic E-state index is -4.58. The number of nitrogens with zero attached hydrogens (tertiary/aromatic N) is 1. The molecule has 0 saturated carbocycles. The van der Waals surface area contributed by atoms with Gasteiger partial charge in [-0.1, -0.05) is 187 Å². The molecule has 0 aromatic carbocycles. The average molecular weight is 745 g/mol. The molecular weight excluding hydrogens is 659 g/mol. The maximum absolute atomic E-state index is 12.8. The minimum absolute atomic E-state index is 0.00191. The van der Waals surface area contributed by atoms with E-state index in [9.17, 15) is 19.4 Å². The number of phosphoric ester groups is 1. The second-order valence-electron chi connectivity index (χ2n) is 16.1. The van der Waals surface area contributed by atoms with Crippen molar-refractivity contribution in [2.75, 3.05) is 40.9 Å². The molecule has 2 N–H and O–H groups in total. The van der Waals surface area contributed by atoms with Crippen LogP contribution in [0.5, 0.6) is 0 Å². The molecule has 51 heavy (non-hydrogen) atoms. The molecule has 3 unspecified atom stereocenters. The molecule has 0 aliphatic carbocycles. The summed E-state index contributed by atoms with van der Waals surface area (Å²) >= 11 is 0. The second-order valence-corrected chi connectivity index (χ2v) is 17.5. The summed E-state index contributed by atoms with van der Waals surface area (Å²) in [6.45, 7) is 4.64. The van der Waals surface area contributed by atoms with Crippen molar-refractivity contribution in [3.8, 4) is 0 Å². The summed E-state index contributed by atoms with van der Waals surface area (Å²) in [5.41, 5.74) is 0. The molecule has 9 heteroatoms. The summed E-state index contributed by atoms with van der Waals surface area (Å²) in [6, 6.07) is -0.878. The van der Waals surface area contributed by atoms with Crippen LogP contribution in [0.1, 0.15) is 200 Å². The van der Waals surface area contributed by atoms with Crippen molar-refractivity contribution in [2.45, 2.75) is 212 Å². The highest BCUT2D eigenvalue weighted by atomic mass is 31.2. The summed E-state index contributed by atoms with van der Waals surface area (Å²) in [7, 11) is 1.27. The van der Waals surface area contributed by atoms with Gasteiger partial charge in [0.05, 0.1) is 39.9 Å². The van der Waals surface area contributed by atoms with E-state index in [0.717, 1.165) is 38.5 Å². The van der Waals surface area contributed by atoms with Gasteiger partial charge in [0.25, 0.3) is 7.82 Å². The lowest BCUT2D eigenvalue weighted by atomic mass is 10.0. The Morgan fingerprint density at radius 1 is 0.667 bits per heavy atom. The van der Waals surface area contributed by atoms with Crippen LogP contribution in [0.15, 0.2) is 12.2 Å². The van der Waals surface area contributed by atoms with Gasteiger partial charge in [0.1, 0.15) is 13.2 Å². The first-order chi connectivity index (χ1) is 24.5. The van der Waals surface area contributed by atoms with Gasteiger partial charge in [0.15, 0.2) is 0 Å². The zero-order valence-electron chi connectivity index (χ0n) is 34.3. The lowest BCUT2D eigenvalue weighted by Gasteiger charge is -2.29. The number of carbonyl (C=O) groups excluding carboxylic acids is 1. The zero-order valence-corrected chi connectivity index (χ0v) is 35.2. The number of hydrogen-bond acceptors (Lipinski definition) is 6. The third-order valence-electron chi connectivity index (χ3n) is 9.75. The molecule has 0 spiro atoms. The van der Waals surface area contributed by atoms with E-state index >= 15 is 0 Å². The van der Waals surface area contributed by atoms with Crippen LogP contribution in [0.25, 0.3) is 0 Å². The molecule has 0 aliphatic rings. The van der Waals surface area contributed by atoms with Gasteiger partial charge in [0, 0.05) is 6.42 Å². The number of unbranched alkanes of at least 4 members (excludes halogenated alkanes) is 26. The molecule has 0 aliphatic heterocycles. The lowest BCUT2D eigenvalue weighted by molar-refractivity contribution is -0.870. The zero-order chi connectivity index (χ0) is 37.9. The van der Waals surface area contributed by atoms with E-state index < -0.39 is 20.0 Å². The van der Waals surface area contributed by atoms with E-state index in [1.165, 1.54) is 141 Å². The largest absolute Gasteiger partial charge is 0.756 e. The van der Waals surface area contributed by atoms with Crippen molar-refractivity contribution in [3.05, 3.63) is 12.2 Å². The maximum atomic E-state index is 12.8. The molecule has 0 radical (unpaired) electrons. The van der Waals surface area contributed by atoms with Gasteiger partial charge in [-0.3, -0.25) is 9.36 Å². The van der Waals surface area contributed by atoms with Crippen LogP contribution in [-0.2, 0) is 18.4 Å². The van der Waals surface area contributed by atoms with Gasteiger partial charge < -0.3 is 28.8 Å². The van der Waals surface area contributed by atoms with Crippen LogP contribution in [0.2, 0.25) is 0 Å². The Morgan fingerprint density at radius 3 is 1.47 bits per heavy atom. The number of rotatable bonds is 39. The van der Waals surface area contributed by atoms with Crippen LogP contribution in [-0.4, -0.2) is 68.5 Å². The normalized spacial score (nSPS) is 14.6. The van der Waals surface area contributed by atoms with E-state index in [4.69, 9.17) is 9.05 Å². The molecule has 3 atom stereocenters. The Kier molecular flexibility index (Phi) is 34.5. The summed E-state index contributed by atoms with van der Waals surface area (Å²) in [4.78, 5) is 25.2. The average Bonchev–Trinajstić information content (AvgIpc) is 3.07. The molecule has 0 fully saturated rings. The smallest absolute Gasteiger partial charge is 0.268 e. The monoisotopic (exact) mass is 745 g/mol. The first kappa shape index (κ1) is 50.2. The maximum Gasteiger partial charge on any atom is 0.268 e. The number of carbonyl (C=O) groups is 1. The molecule has 0 aromatic heterocycles. The predicted octanol–water partition coefficient (Wildman–Crippen LogP) is 10.9. The third kappa shape index (κ3) is 37.4. The van der Waals surface area contributed by atoms with Crippen molar-refractivity contribution < 1.29 is 32.9 Å². The minimum Gasteiger partial charge on any atom is -0.756 e. The Labute approximate surface area is 316 Å². The third-order valence-corrected chi connectivity index (χ3v) is 10.7. The van der Waals surface area contributed by atoms with Crippen LogP contribution in [0.4, 0.5) is 0 Å². The number of amides is 1. The molecule has 0 aromatic rings. The van der Waals surface area contributed by atoms with Gasteiger partial charge in [-0.2, -0.15) is 0 Å². The number of likely N-dealkylation sites (N-methyl/N-ethyl adjacent to an activating group) is 1. The first-order valence-corrected chi connectivity index (χ1v) is 23.0. The molecular formula is C42H85N2O6P. The molecule has 0 bridgehead atoms. The van der Waals surface area contributed by atoms with Gasteiger partial charge >= 0.3 is 0 Å². The SMILES string of the molecule is CCCCCCCCCCCCCCCCCC/C=C/C(O)C(COP(=O)([O-])OCC[N+](C)(C)C)NC(=O)CCCCCCCCCCCCC. The highest BCUT2D eigenvalue weighted by Crippen LogP contribution is 2.38. The number of nitrogens with one attached hydrogen (secondary N) is 1. The van der Waals surface area contributed by atoms with E-state index in [2.05, 4.69) is 19.2 Å².